The lowest BCUT2D eigenvalue weighted by atomic mass is 10.1. The van der Waals surface area contributed by atoms with E-state index < -0.39 is 22.0 Å². The Morgan fingerprint density at radius 2 is 1.86 bits per heavy atom. The van der Waals surface area contributed by atoms with Gasteiger partial charge in [0.05, 0.1) is 18.0 Å². The van der Waals surface area contributed by atoms with Crippen LogP contribution in [0, 0.1) is 11.8 Å². The zero-order valence-electron chi connectivity index (χ0n) is 8.55. The summed E-state index contributed by atoms with van der Waals surface area (Å²) >= 11 is 0. The summed E-state index contributed by atoms with van der Waals surface area (Å²) in [5, 5.41) is 19.0. The number of rotatable bonds is 3. The van der Waals surface area contributed by atoms with Crippen LogP contribution in [-0.4, -0.2) is 42.3 Å². The Balaban J connectivity index is 2.64. The first-order valence-corrected chi connectivity index (χ1v) is 6.76. The van der Waals surface area contributed by atoms with E-state index in [2.05, 4.69) is 0 Å². The maximum atomic E-state index is 11.3. The highest BCUT2D eigenvalue weighted by Crippen LogP contribution is 2.32. The Labute approximate surface area is 84.9 Å². The van der Waals surface area contributed by atoms with Gasteiger partial charge in [0.2, 0.25) is 0 Å². The Morgan fingerprint density at radius 3 is 2.21 bits per heavy atom. The van der Waals surface area contributed by atoms with Gasteiger partial charge in [0.1, 0.15) is 9.84 Å². The zero-order chi connectivity index (χ0) is 10.9. The molecule has 1 aliphatic rings. The third kappa shape index (κ3) is 2.46. The lowest BCUT2D eigenvalue weighted by Gasteiger charge is -2.15. The van der Waals surface area contributed by atoms with Crippen molar-refractivity contribution in [1.29, 1.82) is 0 Å². The molecule has 1 aliphatic carbocycles. The normalized spacial score (nSPS) is 38.9. The van der Waals surface area contributed by atoms with Crippen LogP contribution in [-0.2, 0) is 9.84 Å². The second-order valence-corrected chi connectivity index (χ2v) is 6.55. The fourth-order valence-electron chi connectivity index (χ4n) is 1.98. The van der Waals surface area contributed by atoms with E-state index in [4.69, 9.17) is 0 Å². The molecular weight excluding hydrogens is 204 g/mol. The van der Waals surface area contributed by atoms with Gasteiger partial charge in [-0.05, 0) is 12.3 Å². The van der Waals surface area contributed by atoms with Crippen molar-refractivity contribution in [1.82, 2.24) is 0 Å². The molecule has 5 heteroatoms. The molecule has 0 aromatic heterocycles. The molecule has 0 aromatic carbocycles. The quantitative estimate of drug-likeness (QED) is 0.693. The second kappa shape index (κ2) is 4.16. The molecule has 84 valence electrons. The molecule has 0 unspecified atom stereocenters. The molecule has 1 fully saturated rings. The molecule has 1 rings (SSSR count). The van der Waals surface area contributed by atoms with Crippen LogP contribution in [0.3, 0.4) is 0 Å². The molecule has 0 spiro atoms. The van der Waals surface area contributed by atoms with E-state index in [-0.39, 0.29) is 23.3 Å². The first kappa shape index (κ1) is 11.9. The first-order chi connectivity index (χ1) is 6.37. The maximum absolute atomic E-state index is 11.3. The van der Waals surface area contributed by atoms with E-state index in [0.717, 1.165) is 0 Å². The molecule has 0 bridgehead atoms. The number of aliphatic hydroxyl groups is 2. The lowest BCUT2D eigenvalue weighted by molar-refractivity contribution is 0.0103. The van der Waals surface area contributed by atoms with Crippen molar-refractivity contribution in [2.45, 2.75) is 32.5 Å². The smallest absolute Gasteiger partial charge is 0.150 e. The van der Waals surface area contributed by atoms with Gasteiger partial charge in [-0.25, -0.2) is 8.42 Å². The Morgan fingerprint density at radius 1 is 1.29 bits per heavy atom. The predicted molar refractivity (Wildman–Crippen MR) is 53.6 cm³/mol. The molecule has 2 N–H and O–H groups in total. The van der Waals surface area contributed by atoms with Crippen LogP contribution in [0.4, 0.5) is 0 Å². The van der Waals surface area contributed by atoms with Gasteiger partial charge in [-0.3, -0.25) is 0 Å². The summed E-state index contributed by atoms with van der Waals surface area (Å²) in [5.74, 6) is -0.223. The van der Waals surface area contributed by atoms with Crippen molar-refractivity contribution in [3.05, 3.63) is 0 Å². The largest absolute Gasteiger partial charge is 0.390 e. The monoisotopic (exact) mass is 222 g/mol. The van der Waals surface area contributed by atoms with Crippen molar-refractivity contribution in [3.8, 4) is 0 Å². The highest BCUT2D eigenvalue weighted by Gasteiger charge is 2.40. The van der Waals surface area contributed by atoms with Crippen molar-refractivity contribution >= 4 is 9.84 Å². The summed E-state index contributed by atoms with van der Waals surface area (Å²) in [6, 6.07) is 0. The average Bonchev–Trinajstić information content (AvgIpc) is 2.33. The number of aliphatic hydroxyl groups excluding tert-OH is 2. The standard InChI is InChI=1S/C9H18O4S/c1-3-14(12,13)5-7-4-6(2)8(10)9(7)11/h6-11H,3-5H2,1-2H3/t6-,7-,8+,9-/m1/s1. The minimum absolute atomic E-state index is 0.00787. The third-order valence-electron chi connectivity index (χ3n) is 3.00. The van der Waals surface area contributed by atoms with E-state index in [0.29, 0.717) is 6.42 Å². The Kier molecular flexibility index (Phi) is 3.55. The first-order valence-electron chi connectivity index (χ1n) is 4.94. The molecular formula is C9H18O4S. The molecule has 4 atom stereocenters. The van der Waals surface area contributed by atoms with Gasteiger partial charge in [-0.15, -0.1) is 0 Å². The lowest BCUT2D eigenvalue weighted by Crippen LogP contribution is -2.31. The van der Waals surface area contributed by atoms with Crippen molar-refractivity contribution in [2.24, 2.45) is 11.8 Å². The van der Waals surface area contributed by atoms with Crippen molar-refractivity contribution in [3.63, 3.8) is 0 Å². The number of hydrogen-bond donors (Lipinski definition) is 2. The van der Waals surface area contributed by atoms with Crippen LogP contribution in [0.25, 0.3) is 0 Å². The second-order valence-electron chi connectivity index (χ2n) is 4.15. The van der Waals surface area contributed by atoms with Gasteiger partial charge in [-0.2, -0.15) is 0 Å². The molecule has 0 amide bonds. The highest BCUT2D eigenvalue weighted by molar-refractivity contribution is 7.91. The summed E-state index contributed by atoms with van der Waals surface area (Å²) in [6.07, 6.45) is -1.07. The molecule has 1 saturated carbocycles. The van der Waals surface area contributed by atoms with Gasteiger partial charge in [-0.1, -0.05) is 13.8 Å². The van der Waals surface area contributed by atoms with Crippen LogP contribution < -0.4 is 0 Å². The fourth-order valence-corrected chi connectivity index (χ4v) is 3.20. The number of sulfone groups is 1. The Bertz CT molecular complexity index is 285. The van der Waals surface area contributed by atoms with E-state index in [1.807, 2.05) is 6.92 Å². The van der Waals surface area contributed by atoms with Crippen LogP contribution in [0.5, 0.6) is 0 Å². The summed E-state index contributed by atoms with van der Waals surface area (Å²) in [5.41, 5.74) is 0. The van der Waals surface area contributed by atoms with Crippen LogP contribution in [0.2, 0.25) is 0 Å². The minimum atomic E-state index is -3.05. The molecule has 0 saturated heterocycles. The Hall–Kier alpha value is -0.130. The van der Waals surface area contributed by atoms with Crippen LogP contribution in [0.15, 0.2) is 0 Å². The van der Waals surface area contributed by atoms with Crippen molar-refractivity contribution < 1.29 is 18.6 Å². The topological polar surface area (TPSA) is 74.6 Å². The summed E-state index contributed by atoms with van der Waals surface area (Å²) in [6.45, 7) is 3.42. The molecule has 0 radical (unpaired) electrons. The van der Waals surface area contributed by atoms with Gasteiger partial charge < -0.3 is 10.2 Å². The maximum Gasteiger partial charge on any atom is 0.150 e. The predicted octanol–water partition coefficient (Wildman–Crippen LogP) is -0.201. The summed E-state index contributed by atoms with van der Waals surface area (Å²) < 4.78 is 22.6. The van der Waals surface area contributed by atoms with E-state index in [1.54, 1.807) is 6.92 Å². The zero-order valence-corrected chi connectivity index (χ0v) is 9.37. The van der Waals surface area contributed by atoms with E-state index in [1.165, 1.54) is 0 Å². The minimum Gasteiger partial charge on any atom is -0.390 e. The van der Waals surface area contributed by atoms with Crippen LogP contribution in [0.1, 0.15) is 20.3 Å². The van der Waals surface area contributed by atoms with Crippen molar-refractivity contribution in [2.75, 3.05) is 11.5 Å². The number of hydrogen-bond acceptors (Lipinski definition) is 4. The molecule has 14 heavy (non-hydrogen) atoms. The molecule has 0 heterocycles. The summed E-state index contributed by atoms with van der Waals surface area (Å²) in [7, 11) is -3.05. The van der Waals surface area contributed by atoms with E-state index in [9.17, 15) is 18.6 Å². The highest BCUT2D eigenvalue weighted by atomic mass is 32.2. The average molecular weight is 222 g/mol. The van der Waals surface area contributed by atoms with Gasteiger partial charge in [0.25, 0.3) is 0 Å². The molecule has 4 nitrogen and oxygen atoms in total. The third-order valence-corrected chi connectivity index (χ3v) is 4.81. The fraction of sp³-hybridized carbons (Fsp3) is 1.00. The molecule has 0 aromatic rings. The SMILES string of the molecule is CCS(=O)(=O)C[C@H]1C[C@@H](C)[C@H](O)[C@@H]1O. The van der Waals surface area contributed by atoms with Gasteiger partial charge in [0.15, 0.2) is 0 Å². The summed E-state index contributed by atoms with van der Waals surface area (Å²) in [4.78, 5) is 0. The molecule has 0 aliphatic heterocycles. The van der Waals surface area contributed by atoms with Gasteiger partial charge >= 0.3 is 0 Å². The van der Waals surface area contributed by atoms with E-state index >= 15 is 0 Å². The van der Waals surface area contributed by atoms with Gasteiger partial charge in [0, 0.05) is 11.7 Å². The van der Waals surface area contributed by atoms with Crippen LogP contribution >= 0.6 is 0 Å².